The molecule has 2 unspecified atom stereocenters. The normalized spacial score (nSPS) is 20.9. The summed E-state index contributed by atoms with van der Waals surface area (Å²) >= 11 is 0. The Hall–Kier alpha value is -1.67. The first kappa shape index (κ1) is 39.8. The minimum absolute atomic E-state index is 0.107. The minimum atomic E-state index is -5.07. The molecule has 5 atom stereocenters. The van der Waals surface area contributed by atoms with E-state index in [2.05, 4.69) is 21.2 Å². The van der Waals surface area contributed by atoms with Crippen LogP contribution in [0.2, 0.25) is 0 Å². The number of nitrogens with two attached hydrogens (primary N) is 1. The third kappa shape index (κ3) is 14.8. The summed E-state index contributed by atoms with van der Waals surface area (Å²) in [5.41, 5.74) is 5.20. The van der Waals surface area contributed by atoms with Crippen molar-refractivity contribution in [2.75, 3.05) is 32.2 Å². The summed E-state index contributed by atoms with van der Waals surface area (Å²) in [7, 11) is -10.0. The fraction of sp³-hybridized carbons (Fsp3) is 0.800. The van der Waals surface area contributed by atoms with Crippen molar-refractivity contribution >= 4 is 32.6 Å². The van der Waals surface area contributed by atoms with Gasteiger partial charge in [0.25, 0.3) is 5.56 Å². The van der Waals surface area contributed by atoms with E-state index in [9.17, 15) is 28.1 Å². The predicted molar refractivity (Wildman–Crippen MR) is 177 cm³/mol. The summed E-state index contributed by atoms with van der Waals surface area (Å²) in [5, 5.41) is 0.179. The van der Waals surface area contributed by atoms with E-state index in [-0.39, 0.29) is 36.4 Å². The number of anilines is 1. The average molecular weight is 711 g/mol. The van der Waals surface area contributed by atoms with Crippen LogP contribution in [0.1, 0.15) is 116 Å². The molecule has 0 aliphatic carbocycles. The van der Waals surface area contributed by atoms with Gasteiger partial charge in [0.15, 0.2) is 11.9 Å². The second-order valence-electron chi connectivity index (χ2n) is 12.0. The van der Waals surface area contributed by atoms with Crippen molar-refractivity contribution in [3.63, 3.8) is 0 Å². The molecule has 14 nitrogen and oxygen atoms in total. The molecule has 1 fully saturated rings. The van der Waals surface area contributed by atoms with Crippen molar-refractivity contribution < 1.29 is 46.1 Å². The quantitative estimate of drug-likeness (QED) is 0.0573. The third-order valence-corrected chi connectivity index (χ3v) is 10.6. The molecule has 2 aromatic rings. The van der Waals surface area contributed by atoms with Crippen molar-refractivity contribution in [2.24, 2.45) is 0 Å². The number of unbranched alkanes of at least 4 members (excludes halogenated alkanes) is 13. The van der Waals surface area contributed by atoms with Crippen LogP contribution in [0.15, 0.2) is 17.1 Å². The molecule has 3 heterocycles. The Balaban J connectivity index is 1.20. The Morgan fingerprint density at radius 1 is 0.936 bits per heavy atom. The second-order valence-corrected chi connectivity index (χ2v) is 15.1. The van der Waals surface area contributed by atoms with Crippen LogP contribution in [-0.4, -0.2) is 63.0 Å². The van der Waals surface area contributed by atoms with Crippen LogP contribution in [0.3, 0.4) is 0 Å². The van der Waals surface area contributed by atoms with Gasteiger partial charge < -0.3 is 29.6 Å². The van der Waals surface area contributed by atoms with Gasteiger partial charge in [-0.1, -0.05) is 90.4 Å². The highest BCUT2D eigenvalue weighted by atomic mass is 31.3. The maximum Gasteiger partial charge on any atom is 0.481 e. The Labute approximate surface area is 276 Å². The van der Waals surface area contributed by atoms with Crippen LogP contribution in [0.25, 0.3) is 11.0 Å². The molecule has 3 rings (SSSR count). The number of phosphoric ester groups is 2. The molecule has 1 aliphatic heterocycles. The Morgan fingerprint density at radius 3 is 2.15 bits per heavy atom. The average Bonchev–Trinajstić information content (AvgIpc) is 3.59. The van der Waals surface area contributed by atoms with Crippen molar-refractivity contribution in [1.82, 2.24) is 14.5 Å². The highest BCUT2D eigenvalue weighted by Crippen LogP contribution is 2.60. The molecule has 0 spiro atoms. The molecule has 0 aromatic carbocycles. The number of aromatic amines is 1. The maximum absolute atomic E-state index is 14.8. The van der Waals surface area contributed by atoms with Gasteiger partial charge in [-0.2, -0.15) is 9.29 Å². The molecule has 270 valence electrons. The Morgan fingerprint density at radius 2 is 1.51 bits per heavy atom. The SMILES string of the molecule is CCCCCCCCCCCCCCCCOCCCOP(=O)(O)OP(=O)(O)OC[C@@H]1C[C@H](F)[C@H](n2ccc3c(=O)[nH]c(N)nc32)O1. The van der Waals surface area contributed by atoms with Crippen molar-refractivity contribution in [1.29, 1.82) is 0 Å². The third-order valence-electron chi connectivity index (χ3n) is 7.96. The summed E-state index contributed by atoms with van der Waals surface area (Å²) in [5.74, 6) is -0.155. The number of hydrogen-bond donors (Lipinski definition) is 4. The Kier molecular flexibility index (Phi) is 17.6. The molecular weight excluding hydrogens is 657 g/mol. The van der Waals surface area contributed by atoms with Gasteiger partial charge in [0.1, 0.15) is 6.17 Å². The zero-order chi connectivity index (χ0) is 34.1. The summed E-state index contributed by atoms with van der Waals surface area (Å²) in [4.78, 5) is 38.2. The van der Waals surface area contributed by atoms with Gasteiger partial charge in [-0.3, -0.25) is 18.8 Å². The molecule has 47 heavy (non-hydrogen) atoms. The monoisotopic (exact) mass is 710 g/mol. The van der Waals surface area contributed by atoms with Gasteiger partial charge in [-0.15, -0.1) is 0 Å². The van der Waals surface area contributed by atoms with Crippen molar-refractivity contribution in [2.45, 2.75) is 128 Å². The molecule has 2 aromatic heterocycles. The van der Waals surface area contributed by atoms with E-state index in [4.69, 9.17) is 24.3 Å². The topological polar surface area (TPSA) is 197 Å². The number of ether oxygens (including phenoxy) is 2. The molecular formula is C30H53FN4O10P2. The van der Waals surface area contributed by atoms with E-state index < -0.39 is 46.3 Å². The summed E-state index contributed by atoms with van der Waals surface area (Å²) in [6, 6.07) is 1.43. The van der Waals surface area contributed by atoms with Crippen LogP contribution in [0.4, 0.5) is 10.3 Å². The smallest absolute Gasteiger partial charge is 0.381 e. The van der Waals surface area contributed by atoms with Gasteiger partial charge in [0, 0.05) is 25.8 Å². The molecule has 0 radical (unpaired) electrons. The minimum Gasteiger partial charge on any atom is -0.381 e. The first-order valence-corrected chi connectivity index (χ1v) is 19.9. The number of phosphoric acid groups is 2. The van der Waals surface area contributed by atoms with E-state index in [1.54, 1.807) is 0 Å². The largest absolute Gasteiger partial charge is 0.481 e. The highest BCUT2D eigenvalue weighted by Gasteiger charge is 2.41. The lowest BCUT2D eigenvalue weighted by molar-refractivity contribution is -0.0345. The fourth-order valence-electron chi connectivity index (χ4n) is 5.51. The summed E-state index contributed by atoms with van der Waals surface area (Å²) < 4.78 is 65.6. The summed E-state index contributed by atoms with van der Waals surface area (Å²) in [6.45, 7) is 2.26. The van der Waals surface area contributed by atoms with Crippen LogP contribution in [0.5, 0.6) is 0 Å². The first-order chi connectivity index (χ1) is 22.5. The number of fused-ring (bicyclic) bond motifs is 1. The lowest BCUT2D eigenvalue weighted by Gasteiger charge is -2.19. The Bertz CT molecular complexity index is 1350. The zero-order valence-electron chi connectivity index (χ0n) is 27.4. The van der Waals surface area contributed by atoms with Crippen molar-refractivity contribution in [3.8, 4) is 0 Å². The van der Waals surface area contributed by atoms with Gasteiger partial charge in [-0.25, -0.2) is 13.5 Å². The number of H-pyrrole nitrogens is 1. The van der Waals surface area contributed by atoms with Gasteiger partial charge in [-0.05, 0) is 18.9 Å². The van der Waals surface area contributed by atoms with Crippen LogP contribution < -0.4 is 11.3 Å². The van der Waals surface area contributed by atoms with E-state index in [1.807, 2.05) is 0 Å². The van der Waals surface area contributed by atoms with Gasteiger partial charge >= 0.3 is 15.6 Å². The maximum atomic E-state index is 14.8. The molecule has 1 saturated heterocycles. The molecule has 0 saturated carbocycles. The van der Waals surface area contributed by atoms with Crippen LogP contribution in [0, 0.1) is 0 Å². The van der Waals surface area contributed by atoms with E-state index >= 15 is 0 Å². The van der Waals surface area contributed by atoms with Crippen LogP contribution >= 0.6 is 15.6 Å². The van der Waals surface area contributed by atoms with E-state index in [0.29, 0.717) is 13.2 Å². The standard InChI is InChI=1S/C30H53FN4O10P2/c1-2-3-4-5-6-7-8-9-10-11-12-13-14-15-19-41-20-16-21-42-46(37,38)45-47(39,40)43-23-24-22-26(31)29(44-24)35-18-17-25-27(35)33-30(32)34-28(25)36/h17-18,24,26,29H,2-16,19-23H2,1H3,(H,37,38)(H,39,40)(H3,32,33,34,36)/t24-,26-,29+/m0/s1. The van der Waals surface area contributed by atoms with Gasteiger partial charge in [0.05, 0.1) is 24.7 Å². The lowest BCUT2D eigenvalue weighted by Crippen LogP contribution is -2.19. The van der Waals surface area contributed by atoms with Crippen LogP contribution in [-0.2, 0) is 32.0 Å². The number of hydrogen-bond acceptors (Lipinski definition) is 10. The second kappa shape index (κ2) is 20.8. The predicted octanol–water partition coefficient (Wildman–Crippen LogP) is 7.07. The fourth-order valence-corrected chi connectivity index (χ4v) is 7.65. The zero-order valence-corrected chi connectivity index (χ0v) is 29.2. The summed E-state index contributed by atoms with van der Waals surface area (Å²) in [6.07, 6.45) is 15.5. The number of halogens is 1. The molecule has 5 N–H and O–H groups in total. The number of alkyl halides is 1. The molecule has 0 amide bonds. The van der Waals surface area contributed by atoms with E-state index in [0.717, 1.165) is 12.8 Å². The molecule has 0 bridgehead atoms. The highest BCUT2D eigenvalue weighted by molar-refractivity contribution is 7.61. The number of nitrogens with zero attached hydrogens (tertiary/aromatic N) is 2. The number of aromatic nitrogens is 3. The first-order valence-electron chi connectivity index (χ1n) is 16.9. The number of nitrogens with one attached hydrogen (secondary N) is 1. The van der Waals surface area contributed by atoms with E-state index in [1.165, 1.54) is 93.9 Å². The molecule has 17 heteroatoms. The molecule has 1 aliphatic rings. The number of nitrogen functional groups attached to an aromatic ring is 1. The lowest BCUT2D eigenvalue weighted by atomic mass is 10.0. The van der Waals surface area contributed by atoms with Gasteiger partial charge in [0.2, 0.25) is 5.95 Å². The number of rotatable bonds is 26. The van der Waals surface area contributed by atoms with Crippen molar-refractivity contribution in [3.05, 3.63) is 22.6 Å².